The highest BCUT2D eigenvalue weighted by Crippen LogP contribution is 2.30. The normalized spacial score (nSPS) is 12.6. The monoisotopic (exact) mass is 483 g/mol. The average Bonchev–Trinajstić information content (AvgIpc) is 2.67. The minimum atomic E-state index is -4.76. The fourth-order valence-corrected chi connectivity index (χ4v) is 3.84. The smallest absolute Gasteiger partial charge is 0.416 e. The summed E-state index contributed by atoms with van der Waals surface area (Å²) in [6.07, 6.45) is -10.1. The number of benzene rings is 2. The predicted octanol–water partition coefficient (Wildman–Crippen LogP) is 4.30. The van der Waals surface area contributed by atoms with Crippen molar-refractivity contribution in [2.24, 2.45) is 0 Å². The highest BCUT2D eigenvalue weighted by atomic mass is 32.2. The number of nitrogens with one attached hydrogen (secondary N) is 1. The molecule has 1 N–H and O–H groups in total. The summed E-state index contributed by atoms with van der Waals surface area (Å²) in [4.78, 5) is 12.0. The van der Waals surface area contributed by atoms with Crippen LogP contribution in [0.4, 0.5) is 26.3 Å². The molecule has 0 bridgehead atoms. The lowest BCUT2D eigenvalue weighted by molar-refractivity contribution is -0.137. The number of ketones is 1. The van der Waals surface area contributed by atoms with Crippen molar-refractivity contribution in [2.75, 3.05) is 13.2 Å². The molecule has 0 atom stereocenters. The van der Waals surface area contributed by atoms with E-state index in [9.17, 15) is 39.6 Å². The van der Waals surface area contributed by atoms with Gasteiger partial charge in [0.2, 0.25) is 10.0 Å². The summed E-state index contributed by atoms with van der Waals surface area (Å²) in [5, 5.41) is 0. The number of Topliss-reactive ketones (excluding diaryl/α,β-unsaturated/α-hetero) is 1. The van der Waals surface area contributed by atoms with Crippen LogP contribution in [0.1, 0.15) is 23.6 Å². The first-order valence-electron chi connectivity index (χ1n) is 9.21. The van der Waals surface area contributed by atoms with Gasteiger partial charge in [0, 0.05) is 18.4 Å². The van der Waals surface area contributed by atoms with E-state index >= 15 is 0 Å². The molecule has 0 aromatic heterocycles. The van der Waals surface area contributed by atoms with Crippen LogP contribution in [0.5, 0.6) is 5.75 Å². The Balaban J connectivity index is 2.25. The Morgan fingerprint density at radius 1 is 1.00 bits per heavy atom. The Bertz CT molecular complexity index is 1060. The summed E-state index contributed by atoms with van der Waals surface area (Å²) in [6, 6.07) is 7.46. The van der Waals surface area contributed by atoms with E-state index in [1.54, 1.807) is 6.92 Å². The van der Waals surface area contributed by atoms with Crippen LogP contribution in [0.15, 0.2) is 47.4 Å². The van der Waals surface area contributed by atoms with Crippen molar-refractivity contribution in [1.82, 2.24) is 4.72 Å². The predicted molar refractivity (Wildman–Crippen MR) is 103 cm³/mol. The number of rotatable bonds is 9. The molecule has 2 aromatic rings. The molecule has 0 fully saturated rings. The van der Waals surface area contributed by atoms with Gasteiger partial charge in [0.15, 0.2) is 0 Å². The molecule has 0 aliphatic carbocycles. The Kier molecular flexibility index (Phi) is 7.94. The van der Waals surface area contributed by atoms with Gasteiger partial charge in [-0.25, -0.2) is 13.1 Å². The van der Waals surface area contributed by atoms with Crippen LogP contribution >= 0.6 is 0 Å². The van der Waals surface area contributed by atoms with E-state index < -0.39 is 51.6 Å². The van der Waals surface area contributed by atoms with Gasteiger partial charge in [0.1, 0.15) is 18.1 Å². The molecule has 2 aromatic carbocycles. The lowest BCUT2D eigenvalue weighted by Crippen LogP contribution is -2.33. The van der Waals surface area contributed by atoms with Crippen molar-refractivity contribution in [1.29, 1.82) is 0 Å². The molecule has 176 valence electrons. The number of carbonyl (C=O) groups excluding carboxylic acids is 1. The molecule has 0 radical (unpaired) electrons. The van der Waals surface area contributed by atoms with E-state index in [0.717, 1.165) is 30.3 Å². The lowest BCUT2D eigenvalue weighted by Gasteiger charge is -2.14. The van der Waals surface area contributed by atoms with E-state index in [4.69, 9.17) is 4.74 Å². The fraction of sp³-hybridized carbons (Fsp3) is 0.350. The molecule has 2 rings (SSSR count). The van der Waals surface area contributed by atoms with Crippen molar-refractivity contribution < 1.29 is 44.3 Å². The Morgan fingerprint density at radius 3 is 2.28 bits per heavy atom. The molecule has 0 aliphatic rings. The van der Waals surface area contributed by atoms with Crippen LogP contribution in [0.3, 0.4) is 0 Å². The first-order valence-corrected chi connectivity index (χ1v) is 10.7. The summed E-state index contributed by atoms with van der Waals surface area (Å²) in [7, 11) is -4.53. The second-order valence-corrected chi connectivity index (χ2v) is 8.50. The molecule has 12 heteroatoms. The van der Waals surface area contributed by atoms with E-state index in [0.29, 0.717) is 0 Å². The number of sulfonamides is 1. The third-order valence-corrected chi connectivity index (χ3v) is 5.55. The summed E-state index contributed by atoms with van der Waals surface area (Å²) < 4.78 is 107. The summed E-state index contributed by atoms with van der Waals surface area (Å²) in [5.41, 5.74) is -0.723. The summed E-state index contributed by atoms with van der Waals surface area (Å²) >= 11 is 0. The minimum absolute atomic E-state index is 0.0821. The zero-order chi connectivity index (χ0) is 24.2. The summed E-state index contributed by atoms with van der Waals surface area (Å²) in [5.74, 6) is -0.400. The maximum atomic E-state index is 12.8. The fourth-order valence-electron chi connectivity index (χ4n) is 2.78. The first-order chi connectivity index (χ1) is 14.7. The molecular weight excluding hydrogens is 464 g/mol. The number of alkyl halides is 6. The van der Waals surface area contributed by atoms with Gasteiger partial charge >= 0.3 is 12.4 Å². The van der Waals surface area contributed by atoms with Crippen LogP contribution in [0.25, 0.3) is 0 Å². The second kappa shape index (κ2) is 9.90. The molecule has 0 amide bonds. The molecule has 0 saturated carbocycles. The molecule has 0 saturated heterocycles. The van der Waals surface area contributed by atoms with Crippen molar-refractivity contribution >= 4 is 15.8 Å². The van der Waals surface area contributed by atoms with Gasteiger partial charge in [-0.1, -0.05) is 18.2 Å². The first kappa shape index (κ1) is 25.7. The van der Waals surface area contributed by atoms with E-state index in [1.165, 1.54) is 16.9 Å². The number of halogens is 6. The maximum Gasteiger partial charge on any atom is 0.416 e. The van der Waals surface area contributed by atoms with E-state index in [2.05, 4.69) is 0 Å². The Morgan fingerprint density at radius 2 is 1.69 bits per heavy atom. The highest BCUT2D eigenvalue weighted by molar-refractivity contribution is 7.89. The zero-order valence-corrected chi connectivity index (χ0v) is 17.5. The Hall–Kier alpha value is -2.60. The zero-order valence-electron chi connectivity index (χ0n) is 16.7. The van der Waals surface area contributed by atoms with E-state index in [1.807, 2.05) is 0 Å². The second-order valence-electron chi connectivity index (χ2n) is 6.73. The van der Waals surface area contributed by atoms with Gasteiger partial charge in [-0.3, -0.25) is 4.79 Å². The van der Waals surface area contributed by atoms with Crippen molar-refractivity contribution in [3.63, 3.8) is 0 Å². The largest absolute Gasteiger partial charge is 0.494 e. The van der Waals surface area contributed by atoms with Gasteiger partial charge in [-0.15, -0.1) is 0 Å². The third-order valence-electron chi connectivity index (χ3n) is 4.15. The number of ether oxygens (including phenoxy) is 1. The quantitative estimate of drug-likeness (QED) is 0.540. The van der Waals surface area contributed by atoms with Crippen LogP contribution in [-0.2, 0) is 33.8 Å². The van der Waals surface area contributed by atoms with Crippen molar-refractivity contribution in [3.8, 4) is 5.75 Å². The highest BCUT2D eigenvalue weighted by Gasteiger charge is 2.31. The average molecular weight is 483 g/mol. The van der Waals surface area contributed by atoms with Gasteiger partial charge in [-0.2, -0.15) is 26.3 Å². The van der Waals surface area contributed by atoms with Crippen LogP contribution in [0, 0.1) is 0 Å². The van der Waals surface area contributed by atoms with Gasteiger partial charge < -0.3 is 4.74 Å². The lowest BCUT2D eigenvalue weighted by atomic mass is 10.0. The minimum Gasteiger partial charge on any atom is -0.494 e. The topological polar surface area (TPSA) is 72.5 Å². The van der Waals surface area contributed by atoms with Gasteiger partial charge in [-0.05, 0) is 36.8 Å². The number of hydrogen-bond acceptors (Lipinski definition) is 4. The van der Waals surface area contributed by atoms with Crippen LogP contribution in [-0.4, -0.2) is 33.5 Å². The molecule has 0 spiro atoms. The van der Waals surface area contributed by atoms with Crippen molar-refractivity contribution in [2.45, 2.75) is 37.0 Å². The molecule has 0 aliphatic heterocycles. The number of hydrogen-bond donors (Lipinski definition) is 1. The molecule has 0 unspecified atom stereocenters. The van der Waals surface area contributed by atoms with E-state index in [-0.39, 0.29) is 29.9 Å². The summed E-state index contributed by atoms with van der Waals surface area (Å²) in [6.45, 7) is 0.0172. The van der Waals surface area contributed by atoms with Crippen molar-refractivity contribution in [3.05, 3.63) is 59.2 Å². The van der Waals surface area contributed by atoms with Gasteiger partial charge in [0.05, 0.1) is 17.1 Å². The SMILES string of the molecule is CCOc1ccc(S(=O)(=O)NCC(F)(F)F)cc1CC(=O)Cc1cccc(C(F)(F)F)c1. The molecule has 32 heavy (non-hydrogen) atoms. The maximum absolute atomic E-state index is 12.8. The third kappa shape index (κ3) is 7.52. The van der Waals surface area contributed by atoms with Crippen LogP contribution < -0.4 is 9.46 Å². The molecular formula is C20H19F6NO4S. The Labute approximate surface area is 180 Å². The number of carbonyl (C=O) groups is 1. The van der Waals surface area contributed by atoms with Crippen LogP contribution in [0.2, 0.25) is 0 Å². The molecule has 5 nitrogen and oxygen atoms in total. The standard InChI is InChI=1S/C20H19F6NO4S/c1-2-31-18-7-6-17(32(29,30)27-12-19(21,22)23)11-14(18)10-16(28)9-13-4-3-5-15(8-13)20(24,25)26/h3-8,11,27H,2,9-10,12H2,1H3. The van der Waals surface area contributed by atoms with Gasteiger partial charge in [0.25, 0.3) is 0 Å². The molecule has 0 heterocycles.